The fourth-order valence-corrected chi connectivity index (χ4v) is 7.18. The number of likely N-dealkylation sites (tertiary alicyclic amines) is 1. The van der Waals surface area contributed by atoms with E-state index in [2.05, 4.69) is 37.9 Å². The van der Waals surface area contributed by atoms with E-state index < -0.39 is 5.97 Å². The molecule has 1 amide bonds. The van der Waals surface area contributed by atoms with Crippen LogP contribution in [0.15, 0.2) is 54.7 Å². The van der Waals surface area contributed by atoms with Crippen molar-refractivity contribution in [3.05, 3.63) is 83.2 Å². The van der Waals surface area contributed by atoms with E-state index in [-0.39, 0.29) is 34.1 Å². The molecule has 0 unspecified atom stereocenters. The number of anilines is 2. The van der Waals surface area contributed by atoms with E-state index in [0.29, 0.717) is 31.1 Å². The van der Waals surface area contributed by atoms with E-state index in [1.54, 1.807) is 16.6 Å². The molecule has 6 heterocycles. The highest BCUT2D eigenvalue weighted by Gasteiger charge is 2.46. The lowest BCUT2D eigenvalue weighted by Gasteiger charge is -2.26. The van der Waals surface area contributed by atoms with Crippen molar-refractivity contribution >= 4 is 29.0 Å². The maximum Gasteiger partial charge on any atom is 0.354 e. The van der Waals surface area contributed by atoms with Crippen LogP contribution in [-0.4, -0.2) is 80.7 Å². The highest BCUT2D eigenvalue weighted by Crippen LogP contribution is 2.41. The first-order chi connectivity index (χ1) is 20.6. The van der Waals surface area contributed by atoms with Crippen LogP contribution in [0.3, 0.4) is 0 Å². The fraction of sp³-hybridized carbons (Fsp3) is 0.406. The van der Waals surface area contributed by atoms with E-state index in [4.69, 9.17) is 0 Å². The van der Waals surface area contributed by atoms with Gasteiger partial charge in [-0.2, -0.15) is 0 Å². The third kappa shape index (κ3) is 4.76. The van der Waals surface area contributed by atoms with Gasteiger partial charge < -0.3 is 19.8 Å². The molecule has 3 aliphatic heterocycles. The Morgan fingerprint density at radius 3 is 2.53 bits per heavy atom. The summed E-state index contributed by atoms with van der Waals surface area (Å²) in [5, 5.41) is 13.9. The van der Waals surface area contributed by atoms with Crippen LogP contribution in [0.4, 0.5) is 15.9 Å². The topological polar surface area (TPSA) is 107 Å². The number of carboxylic acids is 1. The lowest BCUT2D eigenvalue weighted by Crippen LogP contribution is -2.34. The Morgan fingerprint density at radius 1 is 0.930 bits per heavy atom. The van der Waals surface area contributed by atoms with Gasteiger partial charge in [0.2, 0.25) is 5.82 Å². The molecule has 10 nitrogen and oxygen atoms in total. The summed E-state index contributed by atoms with van der Waals surface area (Å²) in [7, 11) is 0. The maximum absolute atomic E-state index is 14.6. The Bertz CT molecular complexity index is 1760. The Morgan fingerprint density at radius 2 is 1.72 bits per heavy atom. The molecule has 1 N–H and O–H groups in total. The number of nitrogens with zero attached hydrogens (tertiary/aromatic N) is 7. The molecule has 1 spiro atoms. The predicted molar refractivity (Wildman–Crippen MR) is 159 cm³/mol. The molecule has 0 aliphatic carbocycles. The summed E-state index contributed by atoms with van der Waals surface area (Å²) in [4.78, 5) is 40.1. The number of aromatic carboxylic acids is 1. The molecule has 222 valence electrons. The Kier molecular flexibility index (Phi) is 6.37. The minimum absolute atomic E-state index is 0.0295. The average Bonchev–Trinajstić information content (AvgIpc) is 3.80. The fourth-order valence-electron chi connectivity index (χ4n) is 7.18. The summed E-state index contributed by atoms with van der Waals surface area (Å²) in [6.07, 6.45) is 4.51. The van der Waals surface area contributed by atoms with Gasteiger partial charge in [-0.05, 0) is 61.6 Å². The van der Waals surface area contributed by atoms with Crippen molar-refractivity contribution in [2.75, 3.05) is 49.1 Å². The molecule has 7 rings (SSSR count). The van der Waals surface area contributed by atoms with Gasteiger partial charge in [0, 0.05) is 50.1 Å². The summed E-state index contributed by atoms with van der Waals surface area (Å²) in [5.41, 5.74) is 2.94. The van der Waals surface area contributed by atoms with Crippen LogP contribution >= 0.6 is 0 Å². The largest absolute Gasteiger partial charge is 0.477 e. The third-order valence-corrected chi connectivity index (χ3v) is 9.60. The van der Waals surface area contributed by atoms with Crippen molar-refractivity contribution in [1.29, 1.82) is 0 Å². The minimum Gasteiger partial charge on any atom is -0.477 e. The molecule has 2 atom stereocenters. The van der Waals surface area contributed by atoms with Crippen molar-refractivity contribution in [3.8, 4) is 0 Å². The molecule has 3 aliphatic rings. The van der Waals surface area contributed by atoms with Gasteiger partial charge in [-0.3, -0.25) is 4.79 Å². The molecule has 0 saturated carbocycles. The number of amides is 1. The van der Waals surface area contributed by atoms with Gasteiger partial charge in [0.05, 0.1) is 11.9 Å². The summed E-state index contributed by atoms with van der Waals surface area (Å²) < 4.78 is 16.3. The molecule has 3 aromatic heterocycles. The third-order valence-electron chi connectivity index (χ3n) is 9.60. The smallest absolute Gasteiger partial charge is 0.354 e. The number of carboxylic acid groups (broad SMARTS) is 1. The second kappa shape index (κ2) is 10.0. The zero-order valence-electron chi connectivity index (χ0n) is 24.3. The van der Waals surface area contributed by atoms with E-state index in [0.717, 1.165) is 55.7 Å². The van der Waals surface area contributed by atoms with Crippen LogP contribution in [0.5, 0.6) is 0 Å². The molecule has 0 radical (unpaired) electrons. The molecule has 43 heavy (non-hydrogen) atoms. The zero-order chi connectivity index (χ0) is 29.9. The average molecular weight is 584 g/mol. The van der Waals surface area contributed by atoms with Crippen LogP contribution in [0.25, 0.3) is 5.65 Å². The molecular formula is C32H34FN7O3. The Hall–Kier alpha value is -4.54. The van der Waals surface area contributed by atoms with Crippen LogP contribution in [0, 0.1) is 18.2 Å². The number of hydrogen-bond acceptors (Lipinski definition) is 7. The highest BCUT2D eigenvalue weighted by molar-refractivity contribution is 5.91. The number of fused-ring (bicyclic) bond motifs is 1. The van der Waals surface area contributed by atoms with Crippen molar-refractivity contribution in [3.63, 3.8) is 0 Å². The second-order valence-corrected chi connectivity index (χ2v) is 12.6. The maximum atomic E-state index is 14.6. The molecular weight excluding hydrogens is 549 g/mol. The number of hydrogen-bond donors (Lipinski definition) is 1. The molecule has 1 aromatic carbocycles. The van der Waals surface area contributed by atoms with Crippen LogP contribution in [0.1, 0.15) is 58.4 Å². The van der Waals surface area contributed by atoms with Crippen molar-refractivity contribution < 1.29 is 19.1 Å². The lowest BCUT2D eigenvalue weighted by atomic mass is 9.81. The predicted octanol–water partition coefficient (Wildman–Crippen LogP) is 4.18. The van der Waals surface area contributed by atoms with Crippen LogP contribution in [-0.2, 0) is 5.41 Å². The van der Waals surface area contributed by atoms with Crippen LogP contribution < -0.4 is 9.80 Å². The number of halogens is 1. The Labute approximate surface area is 248 Å². The Balaban J connectivity index is 1.06. The van der Waals surface area contributed by atoms with Gasteiger partial charge in [-0.15, -0.1) is 5.10 Å². The highest BCUT2D eigenvalue weighted by atomic mass is 19.1. The molecule has 3 fully saturated rings. The number of rotatable bonds is 5. The van der Waals surface area contributed by atoms with Gasteiger partial charge in [0.15, 0.2) is 11.3 Å². The van der Waals surface area contributed by atoms with E-state index >= 15 is 0 Å². The van der Waals surface area contributed by atoms with Crippen molar-refractivity contribution in [2.24, 2.45) is 5.41 Å². The van der Waals surface area contributed by atoms with Crippen LogP contribution in [0.2, 0.25) is 0 Å². The second-order valence-electron chi connectivity index (χ2n) is 12.6. The number of aryl methyl sites for hydroxylation is 1. The lowest BCUT2D eigenvalue weighted by molar-refractivity contribution is 0.0689. The van der Waals surface area contributed by atoms with E-state index in [9.17, 15) is 19.1 Å². The number of aromatic nitrogens is 4. The van der Waals surface area contributed by atoms with Crippen molar-refractivity contribution in [1.82, 2.24) is 24.5 Å². The van der Waals surface area contributed by atoms with Gasteiger partial charge in [0.1, 0.15) is 11.6 Å². The number of pyridine rings is 2. The van der Waals surface area contributed by atoms with Gasteiger partial charge in [-0.1, -0.05) is 31.2 Å². The minimum atomic E-state index is -1.04. The van der Waals surface area contributed by atoms with Gasteiger partial charge in [0.25, 0.3) is 5.91 Å². The standard InChI is InChI=1S/C32H34FN7O3/c1-21-16-22(37-13-10-31(2,18-37)23-6-3-4-7-24(23)33)17-40-28(21)35-27(36-40)29(41)39-15-12-32(20-39)11-14-38(19-32)26-9-5-8-25(34-26)30(42)43/h3-9,16-17H,10-15,18-20H2,1-2H3,(H,42,43)/t31-,32+/m0/s1. The zero-order valence-corrected chi connectivity index (χ0v) is 24.3. The number of benzene rings is 1. The monoisotopic (exact) mass is 583 g/mol. The molecule has 11 heteroatoms. The summed E-state index contributed by atoms with van der Waals surface area (Å²) in [6.45, 7) is 8.26. The SMILES string of the molecule is Cc1cc(N2CC[C@](C)(c3ccccc3F)C2)cn2nc(C(=O)N3CC[C@@]4(CCN(c5cccc(C(=O)O)n5)C4)C3)nc12. The summed E-state index contributed by atoms with van der Waals surface area (Å²) in [5.74, 6) is -0.560. The first-order valence-corrected chi connectivity index (χ1v) is 14.7. The van der Waals surface area contributed by atoms with Gasteiger partial charge >= 0.3 is 5.97 Å². The number of carbonyl (C=O) groups excluding carboxylic acids is 1. The normalized spacial score (nSPS) is 23.7. The first kappa shape index (κ1) is 27.3. The van der Waals surface area contributed by atoms with E-state index in [1.807, 2.05) is 36.2 Å². The quantitative estimate of drug-likeness (QED) is 0.373. The van der Waals surface area contributed by atoms with Gasteiger partial charge in [-0.25, -0.2) is 23.7 Å². The molecule has 0 bridgehead atoms. The summed E-state index contributed by atoms with van der Waals surface area (Å²) >= 11 is 0. The van der Waals surface area contributed by atoms with E-state index in [1.165, 1.54) is 12.1 Å². The summed E-state index contributed by atoms with van der Waals surface area (Å²) in [6, 6.07) is 14.1. The first-order valence-electron chi connectivity index (χ1n) is 14.7. The van der Waals surface area contributed by atoms with Crippen molar-refractivity contribution in [2.45, 2.75) is 38.5 Å². The molecule has 4 aromatic rings. The molecule has 3 saturated heterocycles. The number of carbonyl (C=O) groups is 2.